The van der Waals surface area contributed by atoms with Crippen molar-refractivity contribution in [1.29, 1.82) is 0 Å². The minimum absolute atomic E-state index is 0.00282. The van der Waals surface area contributed by atoms with Gasteiger partial charge in [0.2, 0.25) is 0 Å². The van der Waals surface area contributed by atoms with Crippen LogP contribution >= 0.6 is 0 Å². The van der Waals surface area contributed by atoms with Gasteiger partial charge in [0.15, 0.2) is 17.4 Å². The summed E-state index contributed by atoms with van der Waals surface area (Å²) < 4.78 is 5.95. The number of nitrogens with one attached hydrogen (secondary N) is 1. The van der Waals surface area contributed by atoms with Crippen LogP contribution in [0.15, 0.2) is 60.8 Å². The molecular formula is C23H25N3O2. The number of ether oxygens (including phenoxy) is 1. The predicted octanol–water partition coefficient (Wildman–Crippen LogP) is 4.81. The van der Waals surface area contributed by atoms with Gasteiger partial charge in [0.05, 0.1) is 6.20 Å². The Morgan fingerprint density at radius 2 is 1.86 bits per heavy atom. The van der Waals surface area contributed by atoms with Crippen LogP contribution in [0.25, 0.3) is 0 Å². The number of ketones is 1. The maximum Gasteiger partial charge on any atom is 0.193 e. The summed E-state index contributed by atoms with van der Waals surface area (Å²) in [6.07, 6.45) is 3.86. The van der Waals surface area contributed by atoms with Crippen LogP contribution in [0.4, 0.5) is 5.82 Å². The molecule has 0 atom stereocenters. The highest BCUT2D eigenvalue weighted by molar-refractivity contribution is 6.09. The highest BCUT2D eigenvalue weighted by atomic mass is 16.5. The summed E-state index contributed by atoms with van der Waals surface area (Å²) in [5.74, 6) is 2.02. The molecule has 3 rings (SSSR count). The lowest BCUT2D eigenvalue weighted by atomic mass is 10.0. The van der Waals surface area contributed by atoms with Crippen molar-refractivity contribution in [3.8, 4) is 5.75 Å². The third kappa shape index (κ3) is 5.16. The van der Waals surface area contributed by atoms with Crippen molar-refractivity contribution in [2.75, 3.05) is 11.9 Å². The molecule has 3 aromatic rings. The normalized spacial score (nSPS) is 10.5. The summed E-state index contributed by atoms with van der Waals surface area (Å²) in [7, 11) is 0. The Bertz CT molecular complexity index is 926. The first kappa shape index (κ1) is 19.5. The molecule has 0 bridgehead atoms. The maximum atomic E-state index is 12.6. The number of hydrogen-bond donors (Lipinski definition) is 1. The number of hydrogen-bond acceptors (Lipinski definition) is 5. The maximum absolute atomic E-state index is 12.6. The van der Waals surface area contributed by atoms with Crippen molar-refractivity contribution in [1.82, 2.24) is 9.97 Å². The number of carbonyl (C=O) groups excluding carboxylic acids is 1. The Morgan fingerprint density at radius 3 is 2.64 bits per heavy atom. The van der Waals surface area contributed by atoms with E-state index in [1.807, 2.05) is 61.5 Å². The molecule has 0 aliphatic rings. The van der Waals surface area contributed by atoms with E-state index >= 15 is 0 Å². The molecule has 0 saturated carbocycles. The van der Waals surface area contributed by atoms with Gasteiger partial charge in [-0.3, -0.25) is 4.79 Å². The average molecular weight is 375 g/mol. The summed E-state index contributed by atoms with van der Waals surface area (Å²) in [5.41, 5.74) is 2.24. The molecule has 0 spiro atoms. The monoisotopic (exact) mass is 375 g/mol. The van der Waals surface area contributed by atoms with Gasteiger partial charge in [-0.25, -0.2) is 9.97 Å². The number of unbranched alkanes of at least 4 members (excludes halogenated alkanes) is 1. The van der Waals surface area contributed by atoms with Crippen LogP contribution < -0.4 is 10.1 Å². The van der Waals surface area contributed by atoms with Crippen molar-refractivity contribution < 1.29 is 9.53 Å². The molecule has 0 aliphatic heterocycles. The van der Waals surface area contributed by atoms with E-state index in [0.717, 1.165) is 24.9 Å². The topological polar surface area (TPSA) is 64.1 Å². The van der Waals surface area contributed by atoms with Crippen LogP contribution in [0.3, 0.4) is 0 Å². The number of aromatic nitrogens is 2. The van der Waals surface area contributed by atoms with Gasteiger partial charge < -0.3 is 10.1 Å². The molecule has 2 aromatic carbocycles. The van der Waals surface area contributed by atoms with E-state index in [-0.39, 0.29) is 5.78 Å². The zero-order valence-electron chi connectivity index (χ0n) is 16.3. The molecule has 5 nitrogen and oxygen atoms in total. The number of carbonyl (C=O) groups is 1. The number of anilines is 1. The largest absolute Gasteiger partial charge is 0.483 e. The van der Waals surface area contributed by atoms with E-state index in [2.05, 4.69) is 22.2 Å². The van der Waals surface area contributed by atoms with Crippen LogP contribution in [0.1, 0.15) is 47.1 Å². The minimum atomic E-state index is 0.00282. The fourth-order valence-electron chi connectivity index (χ4n) is 2.79. The molecule has 28 heavy (non-hydrogen) atoms. The Labute approximate surface area is 165 Å². The summed E-state index contributed by atoms with van der Waals surface area (Å²) >= 11 is 0. The Balaban J connectivity index is 1.71. The van der Waals surface area contributed by atoms with Crippen molar-refractivity contribution in [2.45, 2.75) is 33.3 Å². The van der Waals surface area contributed by atoms with E-state index in [4.69, 9.17) is 4.74 Å². The molecule has 5 heteroatoms. The molecule has 0 saturated heterocycles. The highest BCUT2D eigenvalue weighted by Crippen LogP contribution is 2.22. The number of nitrogens with zero attached hydrogens (tertiary/aromatic N) is 2. The molecule has 1 heterocycles. The van der Waals surface area contributed by atoms with Gasteiger partial charge in [0.1, 0.15) is 12.4 Å². The van der Waals surface area contributed by atoms with Gasteiger partial charge in [0, 0.05) is 17.7 Å². The van der Waals surface area contributed by atoms with E-state index in [9.17, 15) is 4.79 Å². The van der Waals surface area contributed by atoms with Crippen LogP contribution in [-0.2, 0) is 6.61 Å². The minimum Gasteiger partial charge on any atom is -0.483 e. The highest BCUT2D eigenvalue weighted by Gasteiger charge is 2.11. The van der Waals surface area contributed by atoms with Gasteiger partial charge in [-0.2, -0.15) is 0 Å². The van der Waals surface area contributed by atoms with Crippen LogP contribution in [0, 0.1) is 6.92 Å². The third-order valence-corrected chi connectivity index (χ3v) is 4.32. The number of aryl methyl sites for hydroxylation is 1. The fraction of sp³-hybridized carbons (Fsp3) is 0.261. The smallest absolute Gasteiger partial charge is 0.193 e. The molecule has 0 fully saturated rings. The summed E-state index contributed by atoms with van der Waals surface area (Å²) in [6.45, 7) is 5.18. The average Bonchev–Trinajstić information content (AvgIpc) is 2.73. The second-order valence-corrected chi connectivity index (χ2v) is 6.59. The lowest BCUT2D eigenvalue weighted by Gasteiger charge is -2.13. The van der Waals surface area contributed by atoms with E-state index in [1.54, 1.807) is 6.20 Å². The predicted molar refractivity (Wildman–Crippen MR) is 111 cm³/mol. The van der Waals surface area contributed by atoms with Gasteiger partial charge in [0.25, 0.3) is 0 Å². The van der Waals surface area contributed by atoms with Crippen molar-refractivity contribution in [2.24, 2.45) is 0 Å². The van der Waals surface area contributed by atoms with Gasteiger partial charge in [-0.1, -0.05) is 61.9 Å². The van der Waals surface area contributed by atoms with Crippen molar-refractivity contribution in [3.05, 3.63) is 83.3 Å². The summed E-state index contributed by atoms with van der Waals surface area (Å²) in [6, 6.07) is 16.8. The first-order valence-corrected chi connectivity index (χ1v) is 9.56. The van der Waals surface area contributed by atoms with Crippen LogP contribution in [-0.4, -0.2) is 22.3 Å². The first-order valence-electron chi connectivity index (χ1n) is 9.56. The quantitative estimate of drug-likeness (QED) is 0.430. The standard InChI is InChI=1S/C23H25N3O2/c1-3-4-13-24-23-21(15-25-17(2)26-23)28-16-18-9-8-12-20(14-18)22(27)19-10-6-5-7-11-19/h5-12,14-15H,3-4,13,16H2,1-2H3,(H,24,25,26). The van der Waals surface area contributed by atoms with Gasteiger partial charge in [-0.05, 0) is 25.0 Å². The lowest BCUT2D eigenvalue weighted by molar-refractivity contribution is 0.103. The molecule has 0 unspecified atom stereocenters. The molecule has 144 valence electrons. The molecule has 0 amide bonds. The summed E-state index contributed by atoms with van der Waals surface area (Å²) in [5, 5.41) is 3.31. The van der Waals surface area contributed by atoms with Crippen molar-refractivity contribution in [3.63, 3.8) is 0 Å². The van der Waals surface area contributed by atoms with Crippen molar-refractivity contribution >= 4 is 11.6 Å². The van der Waals surface area contributed by atoms with Gasteiger partial charge >= 0.3 is 0 Å². The second-order valence-electron chi connectivity index (χ2n) is 6.59. The van der Waals surface area contributed by atoms with Crippen LogP contribution in [0.2, 0.25) is 0 Å². The molecule has 1 N–H and O–H groups in total. The fourth-order valence-corrected chi connectivity index (χ4v) is 2.79. The SMILES string of the molecule is CCCCNc1nc(C)ncc1OCc1cccc(C(=O)c2ccccc2)c1. The number of rotatable bonds is 9. The summed E-state index contributed by atoms with van der Waals surface area (Å²) in [4.78, 5) is 21.3. The molecular weight excluding hydrogens is 350 g/mol. The molecule has 0 radical (unpaired) electrons. The Kier molecular flexibility index (Phi) is 6.73. The second kappa shape index (κ2) is 9.65. The third-order valence-electron chi connectivity index (χ3n) is 4.32. The van der Waals surface area contributed by atoms with E-state index < -0.39 is 0 Å². The number of benzene rings is 2. The van der Waals surface area contributed by atoms with Gasteiger partial charge in [-0.15, -0.1) is 0 Å². The molecule has 1 aromatic heterocycles. The Hall–Kier alpha value is -3.21. The van der Waals surface area contributed by atoms with E-state index in [1.165, 1.54) is 0 Å². The first-order chi connectivity index (χ1) is 13.7. The van der Waals surface area contributed by atoms with Crippen LogP contribution in [0.5, 0.6) is 5.75 Å². The Morgan fingerprint density at radius 1 is 1.07 bits per heavy atom. The zero-order chi connectivity index (χ0) is 19.8. The molecule has 0 aliphatic carbocycles. The van der Waals surface area contributed by atoms with E-state index in [0.29, 0.717) is 35.1 Å². The lowest BCUT2D eigenvalue weighted by Crippen LogP contribution is -2.08. The zero-order valence-corrected chi connectivity index (χ0v) is 16.3.